The molecule has 1 saturated heterocycles. The van der Waals surface area contributed by atoms with Gasteiger partial charge in [0.05, 0.1) is 18.7 Å². The number of halogens is 1. The second kappa shape index (κ2) is 6.10. The zero-order chi connectivity index (χ0) is 15.6. The van der Waals surface area contributed by atoms with Crippen molar-refractivity contribution < 1.29 is 22.3 Å². The highest BCUT2D eigenvalue weighted by Gasteiger charge is 2.35. The van der Waals surface area contributed by atoms with Crippen LogP contribution in [0.5, 0.6) is 0 Å². The first-order chi connectivity index (χ1) is 9.87. The normalized spacial score (nSPS) is 17.9. The Kier molecular flexibility index (Phi) is 4.62. The number of piperidine rings is 1. The molecule has 0 atom stereocenters. The fourth-order valence-electron chi connectivity index (χ4n) is 2.31. The first-order valence-corrected chi connectivity index (χ1v) is 8.16. The predicted molar refractivity (Wildman–Crippen MR) is 71.3 cm³/mol. The molecule has 2 heterocycles. The molecule has 1 fully saturated rings. The second-order valence-corrected chi connectivity index (χ2v) is 6.76. The number of rotatable bonds is 4. The summed E-state index contributed by atoms with van der Waals surface area (Å²) < 4.78 is 45.4. The van der Waals surface area contributed by atoms with Gasteiger partial charge in [-0.05, 0) is 19.8 Å². The summed E-state index contributed by atoms with van der Waals surface area (Å²) in [7, 11) is -2.58. The van der Waals surface area contributed by atoms with Crippen molar-refractivity contribution in [3.8, 4) is 0 Å². The van der Waals surface area contributed by atoms with Crippen LogP contribution in [0.1, 0.15) is 19.8 Å². The van der Waals surface area contributed by atoms with Gasteiger partial charge in [-0.1, -0.05) is 0 Å². The number of aryl methyl sites for hydroxylation is 1. The summed E-state index contributed by atoms with van der Waals surface area (Å²) in [5.74, 6) is -1.49. The quantitative estimate of drug-likeness (QED) is 0.756. The SMILES string of the molecule is CCOC(=O)C1CCN(S(=O)(=O)c2cnn(C)c2F)CC1. The predicted octanol–water partition coefficient (Wildman–Crippen LogP) is 0.523. The number of aromatic nitrogens is 2. The first-order valence-electron chi connectivity index (χ1n) is 6.72. The molecule has 0 aromatic carbocycles. The molecule has 0 spiro atoms. The Labute approximate surface area is 122 Å². The third-order valence-corrected chi connectivity index (χ3v) is 5.40. The van der Waals surface area contributed by atoms with Gasteiger partial charge in [0.25, 0.3) is 0 Å². The van der Waals surface area contributed by atoms with Gasteiger partial charge in [-0.3, -0.25) is 4.79 Å². The molecule has 0 bridgehead atoms. The van der Waals surface area contributed by atoms with E-state index in [4.69, 9.17) is 4.74 Å². The maximum absolute atomic E-state index is 13.7. The third kappa shape index (κ3) is 3.08. The number of carbonyl (C=O) groups excluding carboxylic acids is 1. The molecular weight excluding hydrogens is 301 g/mol. The van der Waals surface area contributed by atoms with E-state index in [0.717, 1.165) is 10.9 Å². The van der Waals surface area contributed by atoms with Crippen LogP contribution in [0, 0.1) is 11.9 Å². The molecule has 0 saturated carbocycles. The van der Waals surface area contributed by atoms with E-state index < -0.39 is 20.9 Å². The van der Waals surface area contributed by atoms with Gasteiger partial charge in [0.2, 0.25) is 16.0 Å². The summed E-state index contributed by atoms with van der Waals surface area (Å²) in [6.07, 6.45) is 1.75. The molecule has 1 aromatic heterocycles. The number of carbonyl (C=O) groups is 1. The van der Waals surface area contributed by atoms with Crippen molar-refractivity contribution in [1.82, 2.24) is 14.1 Å². The van der Waals surface area contributed by atoms with Gasteiger partial charge in [-0.15, -0.1) is 0 Å². The molecule has 1 aliphatic heterocycles. The fourth-order valence-corrected chi connectivity index (χ4v) is 3.80. The Bertz CT molecular complexity index is 620. The molecule has 0 amide bonds. The van der Waals surface area contributed by atoms with Crippen molar-refractivity contribution in [2.75, 3.05) is 19.7 Å². The molecule has 0 aliphatic carbocycles. The molecule has 2 rings (SSSR count). The standard InChI is InChI=1S/C12H18FN3O4S/c1-3-20-12(17)9-4-6-16(7-5-9)21(18,19)10-8-14-15(2)11(10)13/h8-9H,3-7H2,1-2H3. The van der Waals surface area contributed by atoms with Crippen LogP contribution in [0.4, 0.5) is 4.39 Å². The maximum Gasteiger partial charge on any atom is 0.309 e. The average Bonchev–Trinajstić information content (AvgIpc) is 2.80. The van der Waals surface area contributed by atoms with Gasteiger partial charge in [-0.2, -0.15) is 13.8 Å². The summed E-state index contributed by atoms with van der Waals surface area (Å²) in [5, 5.41) is 3.61. The van der Waals surface area contributed by atoms with E-state index in [-0.39, 0.29) is 25.0 Å². The zero-order valence-electron chi connectivity index (χ0n) is 12.0. The molecule has 1 aliphatic rings. The Hall–Kier alpha value is -1.48. The number of ether oxygens (including phenoxy) is 1. The van der Waals surface area contributed by atoms with Gasteiger partial charge >= 0.3 is 5.97 Å². The molecule has 9 heteroatoms. The summed E-state index contributed by atoms with van der Waals surface area (Å²) in [6.45, 7) is 2.36. The second-order valence-electron chi connectivity index (χ2n) is 4.85. The van der Waals surface area contributed by atoms with Crippen LogP contribution in [0.15, 0.2) is 11.1 Å². The van der Waals surface area contributed by atoms with E-state index in [0.29, 0.717) is 19.4 Å². The average molecular weight is 319 g/mol. The molecule has 7 nitrogen and oxygen atoms in total. The molecule has 21 heavy (non-hydrogen) atoms. The highest BCUT2D eigenvalue weighted by molar-refractivity contribution is 7.89. The summed E-state index contributed by atoms with van der Waals surface area (Å²) in [4.78, 5) is 11.2. The molecule has 0 radical (unpaired) electrons. The monoisotopic (exact) mass is 319 g/mol. The van der Waals surface area contributed by atoms with E-state index in [2.05, 4.69) is 5.10 Å². The van der Waals surface area contributed by atoms with E-state index in [1.165, 1.54) is 11.4 Å². The van der Waals surface area contributed by atoms with Crippen molar-refractivity contribution in [2.45, 2.75) is 24.7 Å². The molecule has 0 N–H and O–H groups in total. The lowest BCUT2D eigenvalue weighted by molar-refractivity contribution is -0.149. The van der Waals surface area contributed by atoms with Crippen LogP contribution in [-0.2, 0) is 26.6 Å². The lowest BCUT2D eigenvalue weighted by Gasteiger charge is -2.29. The van der Waals surface area contributed by atoms with Gasteiger partial charge < -0.3 is 4.74 Å². The minimum Gasteiger partial charge on any atom is -0.466 e. The van der Waals surface area contributed by atoms with Crippen molar-refractivity contribution in [2.24, 2.45) is 13.0 Å². The minimum atomic E-state index is -3.91. The van der Waals surface area contributed by atoms with Crippen molar-refractivity contribution in [3.05, 3.63) is 12.1 Å². The van der Waals surface area contributed by atoms with Crippen LogP contribution < -0.4 is 0 Å². The van der Waals surface area contributed by atoms with Gasteiger partial charge in [0, 0.05) is 20.1 Å². The lowest BCUT2D eigenvalue weighted by atomic mass is 9.98. The Balaban J connectivity index is 2.08. The van der Waals surface area contributed by atoms with Gasteiger partial charge in [0.1, 0.15) is 0 Å². The van der Waals surface area contributed by atoms with Gasteiger partial charge in [0.15, 0.2) is 4.90 Å². The van der Waals surface area contributed by atoms with Crippen LogP contribution in [-0.4, -0.2) is 48.2 Å². The number of esters is 1. The smallest absolute Gasteiger partial charge is 0.309 e. The lowest BCUT2D eigenvalue weighted by Crippen LogP contribution is -2.40. The minimum absolute atomic E-state index is 0.167. The highest BCUT2D eigenvalue weighted by Crippen LogP contribution is 2.25. The third-order valence-electron chi connectivity index (χ3n) is 3.53. The zero-order valence-corrected chi connectivity index (χ0v) is 12.8. The number of nitrogens with zero attached hydrogens (tertiary/aromatic N) is 3. The van der Waals surface area contributed by atoms with E-state index in [9.17, 15) is 17.6 Å². The van der Waals surface area contributed by atoms with Crippen molar-refractivity contribution in [3.63, 3.8) is 0 Å². The van der Waals surface area contributed by atoms with Crippen molar-refractivity contribution >= 4 is 16.0 Å². The van der Waals surface area contributed by atoms with Crippen LogP contribution >= 0.6 is 0 Å². The van der Waals surface area contributed by atoms with E-state index >= 15 is 0 Å². The number of sulfonamides is 1. The number of hydrogen-bond acceptors (Lipinski definition) is 5. The van der Waals surface area contributed by atoms with E-state index in [1.54, 1.807) is 6.92 Å². The Morgan fingerprint density at radius 2 is 2.10 bits per heavy atom. The topological polar surface area (TPSA) is 81.5 Å². The van der Waals surface area contributed by atoms with Gasteiger partial charge in [-0.25, -0.2) is 13.1 Å². The van der Waals surface area contributed by atoms with E-state index in [1.807, 2.05) is 0 Å². The molecular formula is C12H18FN3O4S. The molecule has 0 unspecified atom stereocenters. The van der Waals surface area contributed by atoms with Crippen LogP contribution in [0.2, 0.25) is 0 Å². The molecule has 118 valence electrons. The largest absolute Gasteiger partial charge is 0.466 e. The first kappa shape index (κ1) is 15.9. The van der Waals surface area contributed by atoms with Crippen LogP contribution in [0.25, 0.3) is 0 Å². The van der Waals surface area contributed by atoms with Crippen molar-refractivity contribution in [1.29, 1.82) is 0 Å². The Morgan fingerprint density at radius 1 is 1.48 bits per heavy atom. The summed E-state index contributed by atoms with van der Waals surface area (Å²) in [5.41, 5.74) is 0. The van der Waals surface area contributed by atoms with Crippen LogP contribution in [0.3, 0.4) is 0 Å². The Morgan fingerprint density at radius 3 is 2.57 bits per heavy atom. The highest BCUT2D eigenvalue weighted by atomic mass is 32.2. The summed E-state index contributed by atoms with van der Waals surface area (Å²) in [6, 6.07) is 0. The fraction of sp³-hybridized carbons (Fsp3) is 0.667. The summed E-state index contributed by atoms with van der Waals surface area (Å²) >= 11 is 0. The maximum atomic E-state index is 13.7. The number of hydrogen-bond donors (Lipinski definition) is 0. The molecule has 1 aromatic rings.